The molecule has 2 unspecified atom stereocenters. The number of benzene rings is 1. The van der Waals surface area contributed by atoms with Gasteiger partial charge in [0.1, 0.15) is 0 Å². The first-order chi connectivity index (χ1) is 9.60. The summed E-state index contributed by atoms with van der Waals surface area (Å²) < 4.78 is 36.5. The second-order valence-corrected chi connectivity index (χ2v) is 5.60. The highest BCUT2D eigenvalue weighted by Crippen LogP contribution is 2.36. The van der Waals surface area contributed by atoms with Crippen molar-refractivity contribution in [2.75, 3.05) is 0 Å². The van der Waals surface area contributed by atoms with Crippen molar-refractivity contribution in [2.45, 2.75) is 30.3 Å². The Hall–Kier alpha value is -1.70. The number of hydrogen-bond acceptors (Lipinski definition) is 3. The Bertz CT molecular complexity index is 516. The van der Waals surface area contributed by atoms with Crippen molar-refractivity contribution in [1.29, 1.82) is 0 Å². The van der Waals surface area contributed by atoms with Crippen LogP contribution in [0.2, 0.25) is 0 Å². The molecule has 0 saturated carbocycles. The van der Waals surface area contributed by atoms with Gasteiger partial charge in [-0.15, -0.1) is 0 Å². The van der Waals surface area contributed by atoms with Crippen LogP contribution < -0.4 is 5.32 Å². The lowest BCUT2D eigenvalue weighted by Gasteiger charge is -2.17. The highest BCUT2D eigenvalue weighted by Gasteiger charge is 2.29. The predicted molar refractivity (Wildman–Crippen MR) is 72.1 cm³/mol. The number of hydrogen-bond donors (Lipinski definition) is 2. The van der Waals surface area contributed by atoms with E-state index >= 15 is 0 Å². The van der Waals surface area contributed by atoms with Crippen LogP contribution in [0.25, 0.3) is 0 Å². The zero-order valence-corrected chi connectivity index (χ0v) is 12.1. The Morgan fingerprint density at radius 3 is 2.14 bits per heavy atom. The van der Waals surface area contributed by atoms with E-state index in [-0.39, 0.29) is 22.2 Å². The monoisotopic (exact) mass is 321 g/mol. The van der Waals surface area contributed by atoms with Gasteiger partial charge in [-0.25, -0.2) is 0 Å². The molecule has 1 aromatic rings. The smallest absolute Gasteiger partial charge is 0.446 e. The summed E-state index contributed by atoms with van der Waals surface area (Å²) in [4.78, 5) is 22.6. The summed E-state index contributed by atoms with van der Waals surface area (Å²) in [6.45, 7) is 3.00. The van der Waals surface area contributed by atoms with Crippen molar-refractivity contribution in [3.05, 3.63) is 29.8 Å². The van der Waals surface area contributed by atoms with Gasteiger partial charge in [-0.2, -0.15) is 13.2 Å². The van der Waals surface area contributed by atoms with E-state index < -0.39 is 29.3 Å². The van der Waals surface area contributed by atoms with Crippen molar-refractivity contribution in [3.8, 4) is 0 Å². The van der Waals surface area contributed by atoms with Gasteiger partial charge >= 0.3 is 11.5 Å². The van der Waals surface area contributed by atoms with Crippen molar-refractivity contribution in [2.24, 2.45) is 5.92 Å². The van der Waals surface area contributed by atoms with Crippen LogP contribution in [-0.2, 0) is 4.79 Å². The number of aliphatic carboxylic acids is 1. The first-order valence-electron chi connectivity index (χ1n) is 5.99. The average Bonchev–Trinajstić information content (AvgIpc) is 2.36. The molecule has 0 saturated heterocycles. The minimum absolute atomic E-state index is 0.0222. The molecule has 0 aliphatic rings. The third kappa shape index (κ3) is 5.66. The Morgan fingerprint density at radius 1 is 1.19 bits per heavy atom. The van der Waals surface area contributed by atoms with Crippen LogP contribution in [-0.4, -0.2) is 28.5 Å². The molecule has 1 aromatic carbocycles. The van der Waals surface area contributed by atoms with Crippen molar-refractivity contribution in [1.82, 2.24) is 5.32 Å². The molecule has 1 amide bonds. The Morgan fingerprint density at radius 2 is 1.71 bits per heavy atom. The van der Waals surface area contributed by atoms with E-state index in [2.05, 4.69) is 5.32 Å². The molecular formula is C13H14F3NO3S. The molecule has 116 valence electrons. The van der Waals surface area contributed by atoms with E-state index in [0.29, 0.717) is 0 Å². The summed E-state index contributed by atoms with van der Waals surface area (Å²) in [5.74, 6) is -2.34. The number of nitrogens with one attached hydrogen (secondary N) is 1. The molecule has 0 aliphatic carbocycles. The molecular weight excluding hydrogens is 307 g/mol. The van der Waals surface area contributed by atoms with Gasteiger partial charge in [-0.3, -0.25) is 9.59 Å². The van der Waals surface area contributed by atoms with Crippen LogP contribution in [0, 0.1) is 5.92 Å². The molecule has 0 aliphatic heterocycles. The molecule has 1 rings (SSSR count). The predicted octanol–water partition coefficient (Wildman–Crippen LogP) is 3.14. The minimum Gasteiger partial charge on any atom is -0.481 e. The van der Waals surface area contributed by atoms with E-state index in [4.69, 9.17) is 5.11 Å². The van der Waals surface area contributed by atoms with Crippen LogP contribution in [0.4, 0.5) is 13.2 Å². The van der Waals surface area contributed by atoms with Gasteiger partial charge in [0.15, 0.2) is 0 Å². The van der Waals surface area contributed by atoms with Gasteiger partial charge in [0.2, 0.25) is 0 Å². The quantitative estimate of drug-likeness (QED) is 0.818. The number of carbonyl (C=O) groups excluding carboxylic acids is 1. The molecule has 8 heteroatoms. The van der Waals surface area contributed by atoms with E-state index in [1.165, 1.54) is 31.2 Å². The van der Waals surface area contributed by atoms with Gasteiger partial charge in [0.05, 0.1) is 5.92 Å². The maximum atomic E-state index is 12.2. The Kier molecular flexibility index (Phi) is 5.65. The summed E-state index contributed by atoms with van der Waals surface area (Å²) in [5.41, 5.74) is -4.21. The highest BCUT2D eigenvalue weighted by atomic mass is 32.2. The zero-order valence-electron chi connectivity index (χ0n) is 11.3. The summed E-state index contributed by atoms with van der Waals surface area (Å²) >= 11 is -0.266. The number of alkyl halides is 3. The van der Waals surface area contributed by atoms with Gasteiger partial charge in [0, 0.05) is 16.5 Å². The fraction of sp³-hybridized carbons (Fsp3) is 0.385. The summed E-state index contributed by atoms with van der Waals surface area (Å²) in [7, 11) is 0. The molecule has 21 heavy (non-hydrogen) atoms. The molecule has 2 N–H and O–H groups in total. The highest BCUT2D eigenvalue weighted by molar-refractivity contribution is 8.00. The van der Waals surface area contributed by atoms with Gasteiger partial charge in [-0.05, 0) is 49.9 Å². The van der Waals surface area contributed by atoms with E-state index in [9.17, 15) is 22.8 Å². The Labute approximate surface area is 123 Å². The summed E-state index contributed by atoms with van der Waals surface area (Å²) in [5, 5.41) is 11.3. The van der Waals surface area contributed by atoms with Crippen LogP contribution in [0.15, 0.2) is 29.2 Å². The zero-order chi connectivity index (χ0) is 16.2. The average molecular weight is 321 g/mol. The minimum atomic E-state index is -4.38. The number of carboxylic acid groups (broad SMARTS) is 1. The first-order valence-corrected chi connectivity index (χ1v) is 6.81. The van der Waals surface area contributed by atoms with Crippen LogP contribution in [0.3, 0.4) is 0 Å². The lowest BCUT2D eigenvalue weighted by molar-refractivity contribution is -0.141. The maximum absolute atomic E-state index is 12.2. The lowest BCUT2D eigenvalue weighted by Crippen LogP contribution is -2.40. The molecule has 0 spiro atoms. The number of amides is 1. The SMILES string of the molecule is CC(NC(=O)c1ccc(SC(F)(F)F)cc1)C(C)C(=O)O. The standard InChI is InChI=1S/C13H14F3NO3S/c1-7(12(19)20)8(2)17-11(18)9-3-5-10(6-4-9)21-13(14,15)16/h3-8H,1-2H3,(H,17,18)(H,19,20). The first kappa shape index (κ1) is 17.4. The van der Waals surface area contributed by atoms with E-state index in [1.807, 2.05) is 0 Å². The second kappa shape index (κ2) is 6.84. The molecule has 0 radical (unpaired) electrons. The number of carboxylic acids is 1. The summed E-state index contributed by atoms with van der Waals surface area (Å²) in [6.07, 6.45) is 0. The van der Waals surface area contributed by atoms with E-state index in [0.717, 1.165) is 0 Å². The van der Waals surface area contributed by atoms with Crippen molar-refractivity contribution in [3.63, 3.8) is 0 Å². The van der Waals surface area contributed by atoms with Crippen LogP contribution in [0.1, 0.15) is 24.2 Å². The van der Waals surface area contributed by atoms with Gasteiger partial charge in [0.25, 0.3) is 5.91 Å². The molecule has 2 atom stereocenters. The summed E-state index contributed by atoms with van der Waals surface area (Å²) in [6, 6.07) is 4.32. The lowest BCUT2D eigenvalue weighted by atomic mass is 10.0. The normalized spacial score (nSPS) is 14.3. The fourth-order valence-electron chi connectivity index (χ4n) is 1.44. The van der Waals surface area contributed by atoms with E-state index in [1.54, 1.807) is 6.92 Å². The van der Waals surface area contributed by atoms with Crippen molar-refractivity contribution >= 4 is 23.6 Å². The maximum Gasteiger partial charge on any atom is 0.446 e. The third-order valence-electron chi connectivity index (χ3n) is 2.85. The molecule has 4 nitrogen and oxygen atoms in total. The number of carbonyl (C=O) groups is 2. The van der Waals surface area contributed by atoms with Gasteiger partial charge in [-0.1, -0.05) is 0 Å². The number of thioether (sulfide) groups is 1. The molecule has 0 heterocycles. The van der Waals surface area contributed by atoms with Gasteiger partial charge < -0.3 is 10.4 Å². The molecule has 0 aromatic heterocycles. The topological polar surface area (TPSA) is 66.4 Å². The second-order valence-electron chi connectivity index (χ2n) is 4.46. The third-order valence-corrected chi connectivity index (χ3v) is 3.59. The fourth-order valence-corrected chi connectivity index (χ4v) is 1.98. The molecule has 0 bridgehead atoms. The Balaban J connectivity index is 2.69. The number of halogens is 3. The van der Waals surface area contributed by atoms with Crippen LogP contribution in [0.5, 0.6) is 0 Å². The molecule has 0 fully saturated rings. The van der Waals surface area contributed by atoms with Crippen LogP contribution >= 0.6 is 11.8 Å². The van der Waals surface area contributed by atoms with Crippen molar-refractivity contribution < 1.29 is 27.9 Å². The number of rotatable bonds is 5. The largest absolute Gasteiger partial charge is 0.481 e.